The van der Waals surface area contributed by atoms with Gasteiger partial charge in [0.25, 0.3) is 0 Å². The normalized spacial score (nSPS) is 18.9. The van der Waals surface area contributed by atoms with Gasteiger partial charge < -0.3 is 9.47 Å². The Morgan fingerprint density at radius 2 is 2.00 bits per heavy atom. The molecule has 0 saturated carbocycles. The zero-order valence-electron chi connectivity index (χ0n) is 12.9. The molecule has 2 aromatic rings. The fourth-order valence-corrected chi connectivity index (χ4v) is 4.01. The fourth-order valence-electron chi connectivity index (χ4n) is 2.42. The number of carbonyl (C=O) groups is 1. The van der Waals surface area contributed by atoms with Crippen LogP contribution in [0.15, 0.2) is 48.7 Å². The fraction of sp³-hybridized carbons (Fsp3) is 0.294. The van der Waals surface area contributed by atoms with Gasteiger partial charge in [-0.15, -0.1) is 0 Å². The zero-order chi connectivity index (χ0) is 17.0. The number of carbonyl (C=O) groups excluding carboxylic acids is 1. The van der Waals surface area contributed by atoms with Crippen LogP contribution in [-0.4, -0.2) is 37.0 Å². The second-order valence-corrected chi connectivity index (χ2v) is 7.82. The van der Waals surface area contributed by atoms with E-state index < -0.39 is 21.9 Å². The number of sulfone groups is 1. The Kier molecular flexibility index (Phi) is 4.80. The molecule has 0 spiro atoms. The molecule has 0 radical (unpaired) electrons. The molecule has 7 heteroatoms. The third-order valence-corrected chi connectivity index (χ3v) is 5.40. The highest BCUT2D eigenvalue weighted by atomic mass is 32.2. The van der Waals surface area contributed by atoms with E-state index in [1.165, 1.54) is 18.3 Å². The lowest BCUT2D eigenvalue weighted by Crippen LogP contribution is -2.19. The maximum Gasteiger partial charge on any atom is 0.338 e. The summed E-state index contributed by atoms with van der Waals surface area (Å²) in [5, 5.41) is 0. The van der Waals surface area contributed by atoms with Crippen molar-refractivity contribution in [3.8, 4) is 5.88 Å². The lowest BCUT2D eigenvalue weighted by molar-refractivity contribution is 0.0355. The van der Waals surface area contributed by atoms with Crippen LogP contribution in [0.5, 0.6) is 5.88 Å². The van der Waals surface area contributed by atoms with Crippen molar-refractivity contribution in [3.05, 3.63) is 59.8 Å². The molecule has 1 fully saturated rings. The Balaban J connectivity index is 1.61. The number of aromatic nitrogens is 1. The summed E-state index contributed by atoms with van der Waals surface area (Å²) in [7, 11) is -3.08. The molecular weight excluding hydrogens is 330 g/mol. The third-order valence-electron chi connectivity index (χ3n) is 3.66. The van der Waals surface area contributed by atoms with Crippen molar-refractivity contribution >= 4 is 15.8 Å². The van der Waals surface area contributed by atoms with Crippen molar-refractivity contribution in [1.29, 1.82) is 0 Å². The molecule has 126 valence electrons. The first kappa shape index (κ1) is 16.4. The maximum atomic E-state index is 12.1. The first-order valence-electron chi connectivity index (χ1n) is 7.56. The average molecular weight is 347 g/mol. The smallest absolute Gasteiger partial charge is 0.338 e. The second-order valence-electron chi connectivity index (χ2n) is 5.59. The minimum Gasteiger partial charge on any atom is -0.473 e. The van der Waals surface area contributed by atoms with Gasteiger partial charge >= 0.3 is 5.97 Å². The summed E-state index contributed by atoms with van der Waals surface area (Å²) in [5.74, 6) is -0.301. The Bertz CT molecular complexity index is 820. The molecular formula is C17H17NO5S. The molecule has 6 nitrogen and oxygen atoms in total. The predicted octanol–water partition coefficient (Wildman–Crippen LogP) is 2.00. The zero-order valence-corrected chi connectivity index (χ0v) is 13.7. The molecule has 1 atom stereocenters. The summed E-state index contributed by atoms with van der Waals surface area (Å²) in [6, 6.07) is 12.6. The highest BCUT2D eigenvalue weighted by Gasteiger charge is 2.31. The minimum atomic E-state index is -3.08. The molecule has 24 heavy (non-hydrogen) atoms. The van der Waals surface area contributed by atoms with Gasteiger partial charge in [-0.1, -0.05) is 30.3 Å². The van der Waals surface area contributed by atoms with E-state index in [0.29, 0.717) is 18.9 Å². The number of hydrogen-bond donors (Lipinski definition) is 0. The molecule has 1 aliphatic rings. The van der Waals surface area contributed by atoms with E-state index in [1.54, 1.807) is 0 Å². The van der Waals surface area contributed by atoms with Crippen molar-refractivity contribution < 1.29 is 22.7 Å². The van der Waals surface area contributed by atoms with Crippen molar-refractivity contribution in [1.82, 2.24) is 4.98 Å². The Labute approximate surface area is 140 Å². The van der Waals surface area contributed by atoms with Gasteiger partial charge in [0, 0.05) is 12.3 Å². The van der Waals surface area contributed by atoms with E-state index in [9.17, 15) is 13.2 Å². The average Bonchev–Trinajstić information content (AvgIpc) is 2.93. The van der Waals surface area contributed by atoms with Gasteiger partial charge in [0.05, 0.1) is 17.1 Å². The molecule has 3 rings (SSSR count). The number of esters is 1. The van der Waals surface area contributed by atoms with Crippen molar-refractivity contribution in [2.45, 2.75) is 19.1 Å². The number of rotatable bonds is 5. The Hall–Kier alpha value is -2.41. The van der Waals surface area contributed by atoms with Crippen LogP contribution < -0.4 is 4.74 Å². The largest absolute Gasteiger partial charge is 0.473 e. The van der Waals surface area contributed by atoms with Gasteiger partial charge in [-0.25, -0.2) is 18.2 Å². The summed E-state index contributed by atoms with van der Waals surface area (Å²) in [6.07, 6.45) is 1.23. The molecule has 0 bridgehead atoms. The first-order chi connectivity index (χ1) is 11.5. The van der Waals surface area contributed by atoms with Crippen LogP contribution in [0.4, 0.5) is 0 Å². The van der Waals surface area contributed by atoms with Crippen LogP contribution in [-0.2, 0) is 21.2 Å². The third kappa shape index (κ3) is 4.32. The van der Waals surface area contributed by atoms with Gasteiger partial charge in [-0.3, -0.25) is 0 Å². The Morgan fingerprint density at radius 3 is 2.71 bits per heavy atom. The minimum absolute atomic E-state index is 0.0622. The Morgan fingerprint density at radius 1 is 1.21 bits per heavy atom. The summed E-state index contributed by atoms with van der Waals surface area (Å²) in [4.78, 5) is 16.2. The molecule has 0 N–H and O–H groups in total. The lowest BCUT2D eigenvalue weighted by atomic mass is 10.2. The summed E-state index contributed by atoms with van der Waals surface area (Å²) in [6.45, 7) is 0.340. The number of nitrogens with zero attached hydrogens (tertiary/aromatic N) is 1. The van der Waals surface area contributed by atoms with Gasteiger partial charge in [0.1, 0.15) is 12.7 Å². The highest BCUT2D eigenvalue weighted by Crippen LogP contribution is 2.18. The van der Waals surface area contributed by atoms with Crippen LogP contribution in [0.2, 0.25) is 0 Å². The molecule has 1 saturated heterocycles. The molecule has 2 heterocycles. The number of ether oxygens (including phenoxy) is 2. The number of benzene rings is 1. The molecule has 0 aliphatic carbocycles. The van der Waals surface area contributed by atoms with Crippen LogP contribution in [0, 0.1) is 0 Å². The van der Waals surface area contributed by atoms with E-state index in [1.807, 2.05) is 30.3 Å². The van der Waals surface area contributed by atoms with Crippen molar-refractivity contribution in [2.75, 3.05) is 11.5 Å². The first-order valence-corrected chi connectivity index (χ1v) is 9.38. The molecule has 1 aliphatic heterocycles. The summed E-state index contributed by atoms with van der Waals surface area (Å²) >= 11 is 0. The summed E-state index contributed by atoms with van der Waals surface area (Å²) in [5.41, 5.74) is 1.28. The standard InChI is InChI=1S/C17H17NO5S/c19-17(23-15-7-9-24(20,21)12-15)14-6-8-18-16(10-14)22-11-13-4-2-1-3-5-13/h1-6,8,10,15H,7,9,11-12H2/t15-/m0/s1. The molecule has 1 aromatic carbocycles. The van der Waals surface area contributed by atoms with E-state index in [-0.39, 0.29) is 17.1 Å². The van der Waals surface area contributed by atoms with Crippen LogP contribution >= 0.6 is 0 Å². The SMILES string of the molecule is O=C(O[C@H]1CCS(=O)(=O)C1)c1ccnc(OCc2ccccc2)c1. The van der Waals surface area contributed by atoms with E-state index in [0.717, 1.165) is 5.56 Å². The van der Waals surface area contributed by atoms with Crippen LogP contribution in [0.3, 0.4) is 0 Å². The van der Waals surface area contributed by atoms with Gasteiger partial charge in [0.15, 0.2) is 9.84 Å². The predicted molar refractivity (Wildman–Crippen MR) is 87.5 cm³/mol. The molecule has 0 unspecified atom stereocenters. The topological polar surface area (TPSA) is 82.6 Å². The number of hydrogen-bond acceptors (Lipinski definition) is 6. The summed E-state index contributed by atoms with van der Waals surface area (Å²) < 4.78 is 33.6. The second kappa shape index (κ2) is 7.00. The van der Waals surface area contributed by atoms with Gasteiger partial charge in [-0.2, -0.15) is 0 Å². The van der Waals surface area contributed by atoms with Crippen molar-refractivity contribution in [2.24, 2.45) is 0 Å². The van der Waals surface area contributed by atoms with Gasteiger partial charge in [-0.05, 0) is 18.1 Å². The van der Waals surface area contributed by atoms with E-state index in [2.05, 4.69) is 4.98 Å². The lowest BCUT2D eigenvalue weighted by Gasteiger charge is -2.11. The van der Waals surface area contributed by atoms with E-state index in [4.69, 9.17) is 9.47 Å². The molecule has 0 amide bonds. The molecule has 1 aromatic heterocycles. The van der Waals surface area contributed by atoms with Crippen molar-refractivity contribution in [3.63, 3.8) is 0 Å². The monoisotopic (exact) mass is 347 g/mol. The quantitative estimate of drug-likeness (QED) is 0.770. The van der Waals surface area contributed by atoms with E-state index >= 15 is 0 Å². The van der Waals surface area contributed by atoms with Crippen LogP contribution in [0.25, 0.3) is 0 Å². The number of pyridine rings is 1. The van der Waals surface area contributed by atoms with Gasteiger partial charge in [0.2, 0.25) is 5.88 Å². The van der Waals surface area contributed by atoms with Crippen LogP contribution in [0.1, 0.15) is 22.3 Å². The highest BCUT2D eigenvalue weighted by molar-refractivity contribution is 7.91. The maximum absolute atomic E-state index is 12.1.